The normalized spacial score (nSPS) is 15.6. The first-order valence-corrected chi connectivity index (χ1v) is 9.52. The van der Waals surface area contributed by atoms with Crippen molar-refractivity contribution in [2.45, 2.75) is 45.1 Å². The van der Waals surface area contributed by atoms with Gasteiger partial charge < -0.3 is 14.0 Å². The Morgan fingerprint density at radius 1 is 1.15 bits per heavy atom. The van der Waals surface area contributed by atoms with Crippen LogP contribution in [0.5, 0.6) is 0 Å². The fraction of sp³-hybridized carbons (Fsp3) is 0.526. The molecule has 1 fully saturated rings. The predicted molar refractivity (Wildman–Crippen MR) is 103 cm³/mol. The lowest BCUT2D eigenvalue weighted by Crippen LogP contribution is -2.35. The van der Waals surface area contributed by atoms with E-state index in [9.17, 15) is 0 Å². The second kappa shape index (κ2) is 7.46. The van der Waals surface area contributed by atoms with Crippen molar-refractivity contribution >= 4 is 5.82 Å². The van der Waals surface area contributed by atoms with Gasteiger partial charge >= 0.3 is 0 Å². The summed E-state index contributed by atoms with van der Waals surface area (Å²) in [6.45, 7) is 7.03. The highest BCUT2D eigenvalue weighted by atomic mass is 15.3. The maximum absolute atomic E-state index is 4.56. The van der Waals surface area contributed by atoms with Gasteiger partial charge in [0.2, 0.25) is 0 Å². The van der Waals surface area contributed by atoms with Crippen LogP contribution >= 0.6 is 0 Å². The smallest absolute Gasteiger partial charge is 0.152 e. The zero-order valence-electron chi connectivity index (χ0n) is 16.2. The molecular weight excluding hydrogens is 340 g/mol. The van der Waals surface area contributed by atoms with Crippen molar-refractivity contribution in [3.05, 3.63) is 48.5 Å². The van der Waals surface area contributed by atoms with Crippen LogP contribution in [0.2, 0.25) is 0 Å². The van der Waals surface area contributed by atoms with Gasteiger partial charge in [0.05, 0.1) is 12.9 Å². The maximum atomic E-state index is 4.56. The van der Waals surface area contributed by atoms with Crippen LogP contribution in [-0.4, -0.2) is 47.4 Å². The summed E-state index contributed by atoms with van der Waals surface area (Å²) in [5.41, 5.74) is 1.22. The van der Waals surface area contributed by atoms with Gasteiger partial charge in [0, 0.05) is 50.2 Å². The van der Waals surface area contributed by atoms with E-state index in [1.165, 1.54) is 5.56 Å². The van der Waals surface area contributed by atoms with E-state index in [1.807, 2.05) is 17.0 Å². The van der Waals surface area contributed by atoms with Gasteiger partial charge in [-0.15, -0.1) is 10.2 Å². The molecule has 0 aromatic carbocycles. The Labute approximate surface area is 159 Å². The van der Waals surface area contributed by atoms with Crippen molar-refractivity contribution in [3.63, 3.8) is 0 Å². The minimum Gasteiger partial charge on any atom is -0.356 e. The Bertz CT molecular complexity index is 875. The van der Waals surface area contributed by atoms with Gasteiger partial charge in [-0.3, -0.25) is 0 Å². The molecule has 0 bridgehead atoms. The molecule has 3 aromatic heterocycles. The van der Waals surface area contributed by atoms with E-state index in [1.54, 1.807) is 18.9 Å². The lowest BCUT2D eigenvalue weighted by molar-refractivity contribution is 0.468. The third-order valence-corrected chi connectivity index (χ3v) is 5.38. The Balaban J connectivity index is 1.45. The lowest BCUT2D eigenvalue weighted by atomic mass is 9.95. The van der Waals surface area contributed by atoms with Crippen LogP contribution in [0.15, 0.2) is 31.2 Å². The van der Waals surface area contributed by atoms with Gasteiger partial charge in [-0.05, 0) is 18.8 Å². The van der Waals surface area contributed by atoms with Crippen molar-refractivity contribution in [2.24, 2.45) is 7.05 Å². The fourth-order valence-electron chi connectivity index (χ4n) is 3.77. The second-order valence-corrected chi connectivity index (χ2v) is 7.49. The van der Waals surface area contributed by atoms with E-state index in [0.29, 0.717) is 18.4 Å². The van der Waals surface area contributed by atoms with Crippen molar-refractivity contribution in [3.8, 4) is 0 Å². The third kappa shape index (κ3) is 3.56. The van der Waals surface area contributed by atoms with Crippen LogP contribution in [0.1, 0.15) is 55.7 Å². The van der Waals surface area contributed by atoms with Gasteiger partial charge in [0.15, 0.2) is 5.82 Å². The number of imidazole rings is 1. The average molecular weight is 366 g/mol. The molecule has 0 aliphatic carbocycles. The molecular formula is C19H26N8. The molecule has 3 aromatic rings. The Hall–Kier alpha value is -2.77. The first kappa shape index (κ1) is 17.6. The largest absolute Gasteiger partial charge is 0.356 e. The van der Waals surface area contributed by atoms with E-state index in [0.717, 1.165) is 43.4 Å². The molecule has 0 radical (unpaired) electrons. The molecule has 0 spiro atoms. The monoisotopic (exact) mass is 366 g/mol. The molecule has 4 rings (SSSR count). The van der Waals surface area contributed by atoms with Crippen LogP contribution in [0.3, 0.4) is 0 Å². The summed E-state index contributed by atoms with van der Waals surface area (Å²) < 4.78 is 4.16. The van der Waals surface area contributed by atoms with E-state index < -0.39 is 0 Å². The van der Waals surface area contributed by atoms with Crippen molar-refractivity contribution < 1.29 is 0 Å². The summed E-state index contributed by atoms with van der Waals surface area (Å²) in [5, 5.41) is 8.91. The van der Waals surface area contributed by atoms with Gasteiger partial charge in [0.25, 0.3) is 0 Å². The van der Waals surface area contributed by atoms with Crippen molar-refractivity contribution in [1.29, 1.82) is 0 Å². The van der Waals surface area contributed by atoms with Crippen LogP contribution in [0.4, 0.5) is 5.82 Å². The summed E-state index contributed by atoms with van der Waals surface area (Å²) in [7, 11) is 2.06. The number of aromatic nitrogens is 7. The number of hydrogen-bond donors (Lipinski definition) is 0. The highest BCUT2D eigenvalue weighted by Gasteiger charge is 2.27. The summed E-state index contributed by atoms with van der Waals surface area (Å²) in [4.78, 5) is 15.2. The van der Waals surface area contributed by atoms with Gasteiger partial charge in [-0.2, -0.15) is 0 Å². The molecule has 8 nitrogen and oxygen atoms in total. The first-order valence-electron chi connectivity index (χ1n) is 9.52. The molecule has 1 saturated heterocycles. The van der Waals surface area contributed by atoms with Crippen LogP contribution in [-0.2, 0) is 13.6 Å². The van der Waals surface area contributed by atoms with E-state index >= 15 is 0 Å². The second-order valence-electron chi connectivity index (χ2n) is 7.49. The third-order valence-electron chi connectivity index (χ3n) is 5.38. The number of nitrogens with zero attached hydrogens (tertiary/aromatic N) is 8. The highest BCUT2D eigenvalue weighted by molar-refractivity contribution is 5.47. The average Bonchev–Trinajstić information content (AvgIpc) is 3.33. The molecule has 1 aliphatic heterocycles. The zero-order chi connectivity index (χ0) is 18.8. The Kier molecular flexibility index (Phi) is 4.87. The summed E-state index contributed by atoms with van der Waals surface area (Å²) in [5.74, 6) is 3.97. The topological polar surface area (TPSA) is 77.6 Å². The molecule has 0 unspecified atom stereocenters. The summed E-state index contributed by atoms with van der Waals surface area (Å²) in [6.07, 6.45) is 11.2. The minimum atomic E-state index is 0.420. The zero-order valence-corrected chi connectivity index (χ0v) is 16.2. The minimum absolute atomic E-state index is 0.420. The molecule has 0 atom stereocenters. The quantitative estimate of drug-likeness (QED) is 0.690. The maximum Gasteiger partial charge on any atom is 0.152 e. The van der Waals surface area contributed by atoms with E-state index in [-0.39, 0.29) is 0 Å². The van der Waals surface area contributed by atoms with E-state index in [2.05, 4.69) is 55.5 Å². The van der Waals surface area contributed by atoms with Crippen molar-refractivity contribution in [1.82, 2.24) is 34.3 Å². The molecule has 4 heterocycles. The molecule has 0 saturated carbocycles. The molecule has 27 heavy (non-hydrogen) atoms. The Morgan fingerprint density at radius 3 is 2.67 bits per heavy atom. The molecule has 0 amide bonds. The predicted octanol–water partition coefficient (Wildman–Crippen LogP) is 2.36. The lowest BCUT2D eigenvalue weighted by Gasteiger charge is -2.33. The Morgan fingerprint density at radius 2 is 1.96 bits per heavy atom. The summed E-state index contributed by atoms with van der Waals surface area (Å²) in [6, 6.07) is 0. The van der Waals surface area contributed by atoms with Crippen LogP contribution in [0.25, 0.3) is 0 Å². The first-order chi connectivity index (χ1) is 13.1. The number of piperidine rings is 1. The van der Waals surface area contributed by atoms with Gasteiger partial charge in [-0.25, -0.2) is 15.0 Å². The molecule has 1 aliphatic rings. The van der Waals surface area contributed by atoms with Gasteiger partial charge in [-0.1, -0.05) is 13.8 Å². The van der Waals surface area contributed by atoms with E-state index in [4.69, 9.17) is 0 Å². The molecule has 8 heteroatoms. The SMILES string of the molecule is CC(C)c1cncnc1N1CCC(c2nnc(Cn3ccnc3)n2C)CC1. The van der Waals surface area contributed by atoms with Crippen LogP contribution < -0.4 is 4.90 Å². The highest BCUT2D eigenvalue weighted by Crippen LogP contribution is 2.31. The number of rotatable bonds is 5. The van der Waals surface area contributed by atoms with Gasteiger partial charge in [0.1, 0.15) is 18.0 Å². The summed E-state index contributed by atoms with van der Waals surface area (Å²) >= 11 is 0. The molecule has 142 valence electrons. The number of hydrogen-bond acceptors (Lipinski definition) is 6. The standard InChI is InChI=1S/C19H26N8/c1-14(2)16-10-21-12-22-19(16)27-7-4-15(5-8-27)18-24-23-17(25(18)3)11-26-9-6-20-13-26/h6,9-10,12-15H,4-5,7-8,11H2,1-3H3. The van der Waals surface area contributed by atoms with Crippen LogP contribution in [0, 0.1) is 0 Å². The molecule has 0 N–H and O–H groups in total. The fourth-order valence-corrected chi connectivity index (χ4v) is 3.77. The number of anilines is 1. The van der Waals surface area contributed by atoms with Crippen molar-refractivity contribution in [2.75, 3.05) is 18.0 Å².